The van der Waals surface area contributed by atoms with E-state index in [2.05, 4.69) is 10.6 Å². The first kappa shape index (κ1) is 16.5. The monoisotopic (exact) mass is 308 g/mol. The maximum absolute atomic E-state index is 12.1. The van der Waals surface area contributed by atoms with Crippen LogP contribution in [0.5, 0.6) is 0 Å². The molecule has 2 amide bonds. The van der Waals surface area contributed by atoms with E-state index < -0.39 is 0 Å². The minimum atomic E-state index is -0.213. The molecule has 2 rings (SSSR count). The average Bonchev–Trinajstić information content (AvgIpc) is 2.49. The Kier molecular flexibility index (Phi) is 5.31. The number of anilines is 2. The Labute approximate surface area is 136 Å². The highest BCUT2D eigenvalue weighted by molar-refractivity contribution is 6.03. The van der Waals surface area contributed by atoms with Gasteiger partial charge in [-0.05, 0) is 43.2 Å². The molecule has 0 aliphatic heterocycles. The molecule has 0 aliphatic carbocycles. The Balaban J connectivity index is 2.10. The number of carbonyl (C=O) groups excluding carboxylic acids is 2. The number of benzene rings is 2. The molecule has 118 valence electrons. The van der Waals surface area contributed by atoms with E-state index in [1.54, 1.807) is 24.3 Å². The molecule has 0 heterocycles. The summed E-state index contributed by atoms with van der Waals surface area (Å²) < 4.78 is 0. The second-order valence-electron chi connectivity index (χ2n) is 5.40. The average molecular weight is 308 g/mol. The van der Waals surface area contributed by atoms with Crippen molar-refractivity contribution in [3.63, 3.8) is 0 Å². The van der Waals surface area contributed by atoms with Gasteiger partial charge >= 0.3 is 0 Å². The van der Waals surface area contributed by atoms with Gasteiger partial charge in [0.2, 0.25) is 11.8 Å². The van der Waals surface area contributed by atoms with Gasteiger partial charge in [-0.3, -0.25) is 9.59 Å². The summed E-state index contributed by atoms with van der Waals surface area (Å²) in [6, 6.07) is 13.3. The minimum absolute atomic E-state index is 0.143. The van der Waals surface area contributed by atoms with Crippen LogP contribution in [0, 0.1) is 13.8 Å². The second-order valence-corrected chi connectivity index (χ2v) is 5.40. The third kappa shape index (κ3) is 4.81. The van der Waals surface area contributed by atoms with Gasteiger partial charge in [0, 0.05) is 24.4 Å². The van der Waals surface area contributed by atoms with Crippen LogP contribution in [0.1, 0.15) is 23.6 Å². The molecule has 4 nitrogen and oxygen atoms in total. The fourth-order valence-electron chi connectivity index (χ4n) is 2.22. The Bertz CT molecular complexity index is 764. The molecule has 0 bridgehead atoms. The molecule has 0 atom stereocenters. The Morgan fingerprint density at radius 1 is 0.957 bits per heavy atom. The van der Waals surface area contributed by atoms with E-state index in [-0.39, 0.29) is 11.8 Å². The number of aryl methyl sites for hydroxylation is 1. The van der Waals surface area contributed by atoms with Gasteiger partial charge in [0.05, 0.1) is 0 Å². The molecule has 0 saturated carbocycles. The van der Waals surface area contributed by atoms with Crippen LogP contribution in [-0.2, 0) is 9.59 Å². The van der Waals surface area contributed by atoms with Crippen molar-refractivity contribution in [3.05, 3.63) is 65.2 Å². The van der Waals surface area contributed by atoms with Crippen molar-refractivity contribution < 1.29 is 9.59 Å². The summed E-state index contributed by atoms with van der Waals surface area (Å²) in [5.74, 6) is -0.356. The molecule has 2 aromatic rings. The van der Waals surface area contributed by atoms with E-state index in [4.69, 9.17) is 0 Å². The predicted molar refractivity (Wildman–Crippen MR) is 94.3 cm³/mol. The van der Waals surface area contributed by atoms with E-state index in [9.17, 15) is 9.59 Å². The molecule has 2 N–H and O–H groups in total. The van der Waals surface area contributed by atoms with E-state index in [1.807, 2.05) is 38.1 Å². The van der Waals surface area contributed by atoms with Gasteiger partial charge in [0.25, 0.3) is 0 Å². The summed E-state index contributed by atoms with van der Waals surface area (Å²) in [6.07, 6.45) is 3.27. The maximum Gasteiger partial charge on any atom is 0.248 e. The highest BCUT2D eigenvalue weighted by atomic mass is 16.2. The van der Waals surface area contributed by atoms with Crippen molar-refractivity contribution in [2.75, 3.05) is 10.6 Å². The van der Waals surface area contributed by atoms with E-state index in [1.165, 1.54) is 13.0 Å². The largest absolute Gasteiger partial charge is 0.326 e. The van der Waals surface area contributed by atoms with Gasteiger partial charge in [0.1, 0.15) is 0 Å². The van der Waals surface area contributed by atoms with Gasteiger partial charge in [-0.15, -0.1) is 0 Å². The predicted octanol–water partition coefficient (Wildman–Crippen LogP) is 3.91. The normalized spacial score (nSPS) is 10.6. The van der Waals surface area contributed by atoms with Crippen molar-refractivity contribution in [2.45, 2.75) is 20.8 Å². The van der Waals surface area contributed by atoms with Gasteiger partial charge in [-0.1, -0.05) is 35.9 Å². The molecule has 0 aliphatic rings. The lowest BCUT2D eigenvalue weighted by atomic mass is 10.1. The van der Waals surface area contributed by atoms with E-state index in [0.717, 1.165) is 16.7 Å². The Morgan fingerprint density at radius 3 is 2.26 bits per heavy atom. The summed E-state index contributed by atoms with van der Waals surface area (Å²) in [6.45, 7) is 5.31. The zero-order chi connectivity index (χ0) is 16.8. The number of amides is 2. The summed E-state index contributed by atoms with van der Waals surface area (Å²) >= 11 is 0. The van der Waals surface area contributed by atoms with Crippen LogP contribution in [-0.4, -0.2) is 11.8 Å². The molecule has 0 saturated heterocycles. The minimum Gasteiger partial charge on any atom is -0.326 e. The molecule has 0 unspecified atom stereocenters. The van der Waals surface area contributed by atoms with Crippen LogP contribution in [0.4, 0.5) is 11.4 Å². The maximum atomic E-state index is 12.1. The van der Waals surface area contributed by atoms with Crippen molar-refractivity contribution in [3.8, 4) is 0 Å². The molecular formula is C19H20N2O2. The fourth-order valence-corrected chi connectivity index (χ4v) is 2.22. The molecular weight excluding hydrogens is 288 g/mol. The second kappa shape index (κ2) is 7.40. The summed E-state index contributed by atoms with van der Waals surface area (Å²) in [5.41, 5.74) is 4.31. The highest BCUT2D eigenvalue weighted by Gasteiger charge is 2.06. The van der Waals surface area contributed by atoms with Crippen LogP contribution in [0.25, 0.3) is 6.08 Å². The van der Waals surface area contributed by atoms with Gasteiger partial charge in [-0.25, -0.2) is 0 Å². The third-order valence-corrected chi connectivity index (χ3v) is 3.37. The van der Waals surface area contributed by atoms with E-state index >= 15 is 0 Å². The quantitative estimate of drug-likeness (QED) is 0.841. The number of carbonyl (C=O) groups is 2. The van der Waals surface area contributed by atoms with Gasteiger partial charge in [0.15, 0.2) is 0 Å². The van der Waals surface area contributed by atoms with E-state index in [0.29, 0.717) is 11.4 Å². The smallest absolute Gasteiger partial charge is 0.248 e. The van der Waals surface area contributed by atoms with Crippen LogP contribution >= 0.6 is 0 Å². The highest BCUT2D eigenvalue weighted by Crippen LogP contribution is 2.23. The van der Waals surface area contributed by atoms with Crippen molar-refractivity contribution in [1.82, 2.24) is 0 Å². The zero-order valence-electron chi connectivity index (χ0n) is 13.5. The lowest BCUT2D eigenvalue weighted by Gasteiger charge is -2.11. The summed E-state index contributed by atoms with van der Waals surface area (Å²) in [5, 5.41) is 5.57. The van der Waals surface area contributed by atoms with Crippen molar-refractivity contribution in [1.29, 1.82) is 0 Å². The molecule has 2 aromatic carbocycles. The third-order valence-electron chi connectivity index (χ3n) is 3.37. The molecule has 0 fully saturated rings. The van der Waals surface area contributed by atoms with Crippen LogP contribution in [0.2, 0.25) is 0 Å². The summed E-state index contributed by atoms with van der Waals surface area (Å²) in [7, 11) is 0. The molecule has 0 aromatic heterocycles. The first-order valence-corrected chi connectivity index (χ1v) is 7.38. The first-order valence-electron chi connectivity index (χ1n) is 7.38. The Hall–Kier alpha value is -2.88. The molecule has 23 heavy (non-hydrogen) atoms. The molecule has 0 spiro atoms. The fraction of sp³-hybridized carbons (Fsp3) is 0.158. The lowest BCUT2D eigenvalue weighted by molar-refractivity contribution is -0.114. The first-order chi connectivity index (χ1) is 11.0. The molecule has 4 heteroatoms. The Morgan fingerprint density at radius 2 is 1.61 bits per heavy atom. The van der Waals surface area contributed by atoms with Crippen molar-refractivity contribution in [2.24, 2.45) is 0 Å². The number of nitrogens with one attached hydrogen (secondary N) is 2. The van der Waals surface area contributed by atoms with Crippen LogP contribution in [0.15, 0.2) is 48.5 Å². The zero-order valence-corrected chi connectivity index (χ0v) is 13.5. The SMILES string of the molecule is CC(=O)Nc1cccc(NC(=O)/C=C/c2cccc(C)c2)c1C. The van der Waals surface area contributed by atoms with Crippen LogP contribution < -0.4 is 10.6 Å². The van der Waals surface area contributed by atoms with Gasteiger partial charge < -0.3 is 10.6 Å². The number of hydrogen-bond donors (Lipinski definition) is 2. The molecule has 0 radical (unpaired) electrons. The standard InChI is InChI=1S/C19H20N2O2/c1-13-6-4-7-16(12-13)10-11-19(23)21-18-9-5-8-17(14(18)2)20-15(3)22/h4-12H,1-3H3,(H,20,22)(H,21,23)/b11-10+. The number of rotatable bonds is 4. The lowest BCUT2D eigenvalue weighted by Crippen LogP contribution is -2.12. The van der Waals surface area contributed by atoms with Crippen molar-refractivity contribution >= 4 is 29.3 Å². The van der Waals surface area contributed by atoms with Gasteiger partial charge in [-0.2, -0.15) is 0 Å². The van der Waals surface area contributed by atoms with Crippen LogP contribution in [0.3, 0.4) is 0 Å². The summed E-state index contributed by atoms with van der Waals surface area (Å²) in [4.78, 5) is 23.2. The topological polar surface area (TPSA) is 58.2 Å². The number of hydrogen-bond acceptors (Lipinski definition) is 2.